The normalized spacial score (nSPS) is 18.1. The molecule has 1 aliphatic rings. The van der Waals surface area contributed by atoms with E-state index < -0.39 is 5.41 Å². The average Bonchev–Trinajstić information content (AvgIpc) is 2.13. The number of carbonyl (C=O) groups is 1. The molecule has 1 fully saturated rings. The van der Waals surface area contributed by atoms with E-state index in [1.807, 2.05) is 26.0 Å². The molecule has 0 radical (unpaired) electrons. The van der Waals surface area contributed by atoms with Crippen LogP contribution in [0.25, 0.3) is 0 Å². The van der Waals surface area contributed by atoms with Crippen molar-refractivity contribution >= 4 is 5.78 Å². The maximum atomic E-state index is 11.1. The number of carbonyl (C=O) groups excluding carboxylic acids is 1. The van der Waals surface area contributed by atoms with Crippen molar-refractivity contribution in [2.45, 2.75) is 32.1 Å². The highest BCUT2D eigenvalue weighted by molar-refractivity contribution is 5.90. The molecule has 0 heterocycles. The Balaban J connectivity index is 2.46. The quantitative estimate of drug-likeness (QED) is 0.697. The van der Waals surface area contributed by atoms with Crippen molar-refractivity contribution < 1.29 is 4.79 Å². The third-order valence-corrected chi connectivity index (χ3v) is 3.11. The number of nitrogens with zero attached hydrogens (tertiary/aromatic N) is 1. The SMILES string of the molecule is Cc1ccc(C2(C#N)CC(=O)C2)c(C)c1. The van der Waals surface area contributed by atoms with Crippen LogP contribution in [0.15, 0.2) is 18.2 Å². The third kappa shape index (κ3) is 1.45. The summed E-state index contributed by atoms with van der Waals surface area (Å²) in [5, 5.41) is 9.20. The van der Waals surface area contributed by atoms with Gasteiger partial charge in [0.05, 0.1) is 11.5 Å². The fourth-order valence-corrected chi connectivity index (χ4v) is 2.30. The Bertz CT molecular complexity index is 460. The van der Waals surface area contributed by atoms with Gasteiger partial charge in [-0.2, -0.15) is 5.26 Å². The molecule has 0 bridgehead atoms. The molecule has 1 saturated carbocycles. The minimum Gasteiger partial charge on any atom is -0.300 e. The van der Waals surface area contributed by atoms with Gasteiger partial charge in [-0.25, -0.2) is 0 Å². The molecule has 0 aliphatic heterocycles. The van der Waals surface area contributed by atoms with E-state index in [0.29, 0.717) is 12.8 Å². The topological polar surface area (TPSA) is 40.9 Å². The average molecular weight is 199 g/mol. The molecule has 0 saturated heterocycles. The summed E-state index contributed by atoms with van der Waals surface area (Å²) < 4.78 is 0. The number of Topliss-reactive ketones (excluding diaryl/α,β-unsaturated/α-hetero) is 1. The van der Waals surface area contributed by atoms with Crippen LogP contribution < -0.4 is 0 Å². The van der Waals surface area contributed by atoms with E-state index in [0.717, 1.165) is 11.1 Å². The van der Waals surface area contributed by atoms with Crippen LogP contribution in [-0.4, -0.2) is 5.78 Å². The fourth-order valence-electron chi connectivity index (χ4n) is 2.30. The Hall–Kier alpha value is -1.62. The summed E-state index contributed by atoms with van der Waals surface area (Å²) in [5.74, 6) is 0.191. The molecule has 2 rings (SSSR count). The second kappa shape index (κ2) is 3.20. The first-order valence-corrected chi connectivity index (χ1v) is 5.08. The second-order valence-electron chi connectivity index (χ2n) is 4.40. The lowest BCUT2D eigenvalue weighted by Crippen LogP contribution is -2.40. The Morgan fingerprint density at radius 1 is 1.33 bits per heavy atom. The van der Waals surface area contributed by atoms with Gasteiger partial charge in [-0.3, -0.25) is 4.79 Å². The monoisotopic (exact) mass is 199 g/mol. The summed E-state index contributed by atoms with van der Waals surface area (Å²) in [6, 6.07) is 8.36. The van der Waals surface area contributed by atoms with E-state index in [4.69, 9.17) is 0 Å². The van der Waals surface area contributed by atoms with Gasteiger partial charge in [0, 0.05) is 12.8 Å². The minimum atomic E-state index is -0.533. The molecule has 76 valence electrons. The first-order valence-electron chi connectivity index (χ1n) is 5.08. The van der Waals surface area contributed by atoms with Crippen LogP contribution in [-0.2, 0) is 10.2 Å². The van der Waals surface area contributed by atoms with Crippen LogP contribution in [0.5, 0.6) is 0 Å². The van der Waals surface area contributed by atoms with Crippen molar-refractivity contribution in [2.75, 3.05) is 0 Å². The third-order valence-electron chi connectivity index (χ3n) is 3.11. The smallest absolute Gasteiger partial charge is 0.136 e. The number of rotatable bonds is 1. The van der Waals surface area contributed by atoms with E-state index >= 15 is 0 Å². The standard InChI is InChI=1S/C13H13NO/c1-9-3-4-12(10(2)5-9)13(8-14)6-11(15)7-13/h3-5H,6-7H2,1-2H3. The molecule has 2 heteroatoms. The molecule has 0 amide bonds. The number of benzene rings is 1. The van der Waals surface area contributed by atoms with Gasteiger partial charge in [0.2, 0.25) is 0 Å². The predicted octanol–water partition coefficient (Wildman–Crippen LogP) is 2.43. The molecule has 1 aromatic rings. The molecule has 2 nitrogen and oxygen atoms in total. The van der Waals surface area contributed by atoms with Gasteiger partial charge < -0.3 is 0 Å². The Labute approximate surface area is 89.5 Å². The number of nitriles is 1. The molecule has 0 aromatic heterocycles. The summed E-state index contributed by atoms with van der Waals surface area (Å²) in [7, 11) is 0. The Morgan fingerprint density at radius 3 is 2.47 bits per heavy atom. The molecule has 0 atom stereocenters. The van der Waals surface area contributed by atoms with Gasteiger partial charge in [-0.1, -0.05) is 23.8 Å². The van der Waals surface area contributed by atoms with E-state index in [2.05, 4.69) is 12.1 Å². The maximum absolute atomic E-state index is 11.1. The van der Waals surface area contributed by atoms with Crippen LogP contribution in [0.3, 0.4) is 0 Å². The first kappa shape index (κ1) is 9.92. The number of ketones is 1. The van der Waals surface area contributed by atoms with Crippen molar-refractivity contribution in [3.05, 3.63) is 34.9 Å². The van der Waals surface area contributed by atoms with Crippen molar-refractivity contribution in [3.63, 3.8) is 0 Å². The van der Waals surface area contributed by atoms with Crippen LogP contribution in [0.2, 0.25) is 0 Å². The lowest BCUT2D eigenvalue weighted by atomic mass is 9.63. The highest BCUT2D eigenvalue weighted by Crippen LogP contribution is 2.42. The Kier molecular flexibility index (Phi) is 2.12. The van der Waals surface area contributed by atoms with Crippen LogP contribution >= 0.6 is 0 Å². The van der Waals surface area contributed by atoms with Gasteiger partial charge in [0.25, 0.3) is 0 Å². The zero-order valence-corrected chi connectivity index (χ0v) is 9.00. The maximum Gasteiger partial charge on any atom is 0.136 e. The van der Waals surface area contributed by atoms with Crippen LogP contribution in [0.4, 0.5) is 0 Å². The fraction of sp³-hybridized carbons (Fsp3) is 0.385. The minimum absolute atomic E-state index is 0.191. The van der Waals surface area contributed by atoms with Gasteiger partial charge in [0.1, 0.15) is 5.78 Å². The zero-order chi connectivity index (χ0) is 11.1. The van der Waals surface area contributed by atoms with Gasteiger partial charge >= 0.3 is 0 Å². The van der Waals surface area contributed by atoms with E-state index in [-0.39, 0.29) is 5.78 Å². The molecule has 0 spiro atoms. The van der Waals surface area contributed by atoms with Crippen molar-refractivity contribution in [1.82, 2.24) is 0 Å². The lowest BCUT2D eigenvalue weighted by molar-refractivity contribution is -0.126. The number of hydrogen-bond acceptors (Lipinski definition) is 2. The molecule has 0 unspecified atom stereocenters. The second-order valence-corrected chi connectivity index (χ2v) is 4.40. The summed E-state index contributed by atoms with van der Waals surface area (Å²) in [5.41, 5.74) is 2.80. The van der Waals surface area contributed by atoms with Gasteiger partial charge in [-0.15, -0.1) is 0 Å². The summed E-state index contributed by atoms with van der Waals surface area (Å²) in [4.78, 5) is 11.1. The highest BCUT2D eigenvalue weighted by atomic mass is 16.1. The highest BCUT2D eigenvalue weighted by Gasteiger charge is 2.46. The van der Waals surface area contributed by atoms with Crippen molar-refractivity contribution in [1.29, 1.82) is 5.26 Å². The molecule has 15 heavy (non-hydrogen) atoms. The summed E-state index contributed by atoms with van der Waals surface area (Å²) in [6.07, 6.45) is 0.765. The molecule has 1 aromatic carbocycles. The van der Waals surface area contributed by atoms with E-state index in [1.54, 1.807) is 0 Å². The Morgan fingerprint density at radius 2 is 2.00 bits per heavy atom. The summed E-state index contributed by atoms with van der Waals surface area (Å²) in [6.45, 7) is 4.03. The van der Waals surface area contributed by atoms with E-state index in [1.165, 1.54) is 5.56 Å². The predicted molar refractivity (Wildman–Crippen MR) is 57.4 cm³/mol. The van der Waals surface area contributed by atoms with Crippen LogP contribution in [0.1, 0.15) is 29.5 Å². The van der Waals surface area contributed by atoms with Crippen LogP contribution in [0, 0.1) is 25.2 Å². The van der Waals surface area contributed by atoms with Gasteiger partial charge in [-0.05, 0) is 25.0 Å². The summed E-state index contributed by atoms with van der Waals surface area (Å²) >= 11 is 0. The largest absolute Gasteiger partial charge is 0.300 e. The van der Waals surface area contributed by atoms with Gasteiger partial charge in [0.15, 0.2) is 0 Å². The number of aryl methyl sites for hydroxylation is 2. The molecule has 1 aliphatic carbocycles. The lowest BCUT2D eigenvalue weighted by Gasteiger charge is -2.35. The number of hydrogen-bond donors (Lipinski definition) is 0. The zero-order valence-electron chi connectivity index (χ0n) is 9.00. The molecule has 0 N–H and O–H groups in total. The van der Waals surface area contributed by atoms with Crippen molar-refractivity contribution in [3.8, 4) is 6.07 Å². The first-order chi connectivity index (χ1) is 7.07. The molecular formula is C13H13NO. The van der Waals surface area contributed by atoms with Crippen molar-refractivity contribution in [2.24, 2.45) is 0 Å². The molecular weight excluding hydrogens is 186 g/mol. The van der Waals surface area contributed by atoms with E-state index in [9.17, 15) is 10.1 Å².